The lowest BCUT2D eigenvalue weighted by Gasteiger charge is -2.08. The number of nitrogens with zero attached hydrogens (tertiary/aromatic N) is 1. The number of nitrogens with two attached hydrogens (primary N) is 1. The average Bonchev–Trinajstić information content (AvgIpc) is 2.88. The van der Waals surface area contributed by atoms with Crippen LogP contribution in [0.15, 0.2) is 36.5 Å². The molecule has 2 rings (SSSR count). The minimum atomic E-state index is -0.215. The van der Waals surface area contributed by atoms with Crippen LogP contribution in [0, 0.1) is 0 Å². The molecule has 18 heavy (non-hydrogen) atoms. The first-order valence-electron chi connectivity index (χ1n) is 5.48. The van der Waals surface area contributed by atoms with Gasteiger partial charge in [-0.25, -0.2) is 0 Å². The molecule has 0 saturated heterocycles. The van der Waals surface area contributed by atoms with Crippen molar-refractivity contribution < 1.29 is 9.53 Å². The Bertz CT molecular complexity index is 511. The van der Waals surface area contributed by atoms with Gasteiger partial charge in [-0.3, -0.25) is 9.89 Å². The number of ether oxygens (including phenoxy) is 1. The quantitative estimate of drug-likeness (QED) is 0.676. The zero-order valence-corrected chi connectivity index (χ0v) is 9.72. The number of para-hydroxylation sites is 2. The van der Waals surface area contributed by atoms with Crippen LogP contribution in [0.1, 0.15) is 5.69 Å². The van der Waals surface area contributed by atoms with E-state index in [1.54, 1.807) is 36.5 Å². The highest BCUT2D eigenvalue weighted by Gasteiger charge is 2.04. The lowest BCUT2D eigenvalue weighted by molar-refractivity contribution is -0.123. The summed E-state index contributed by atoms with van der Waals surface area (Å²) in [6, 6.07) is 8.83. The minimum Gasteiger partial charge on any atom is -0.482 e. The molecule has 2 aromatic rings. The molecule has 1 heterocycles. The van der Waals surface area contributed by atoms with Crippen LogP contribution in [-0.4, -0.2) is 22.7 Å². The predicted molar refractivity (Wildman–Crippen MR) is 66.8 cm³/mol. The van der Waals surface area contributed by atoms with Gasteiger partial charge in [0.1, 0.15) is 5.75 Å². The van der Waals surface area contributed by atoms with Gasteiger partial charge < -0.3 is 15.8 Å². The first kappa shape index (κ1) is 12.0. The fourth-order valence-corrected chi connectivity index (χ4v) is 1.38. The number of amides is 1. The second-order valence-electron chi connectivity index (χ2n) is 3.69. The molecule has 6 nitrogen and oxygen atoms in total. The van der Waals surface area contributed by atoms with E-state index in [1.165, 1.54) is 0 Å². The number of carbonyl (C=O) groups excluding carboxylic acids is 1. The van der Waals surface area contributed by atoms with Gasteiger partial charge in [0.05, 0.1) is 17.9 Å². The topological polar surface area (TPSA) is 93.0 Å². The van der Waals surface area contributed by atoms with Crippen LogP contribution < -0.4 is 15.8 Å². The molecule has 0 aliphatic rings. The van der Waals surface area contributed by atoms with E-state index in [0.29, 0.717) is 18.0 Å². The van der Waals surface area contributed by atoms with Crippen LogP contribution >= 0.6 is 0 Å². The van der Waals surface area contributed by atoms with Crippen molar-refractivity contribution in [2.75, 3.05) is 12.3 Å². The van der Waals surface area contributed by atoms with Crippen LogP contribution in [-0.2, 0) is 11.3 Å². The molecular formula is C12H14N4O2. The standard InChI is InChI=1S/C12H14N4O2/c13-10-3-1-2-4-11(10)18-8-12(17)14-7-9-5-6-15-16-9/h1-6H,7-8,13H2,(H,14,17)(H,15,16). The average molecular weight is 246 g/mol. The highest BCUT2D eigenvalue weighted by atomic mass is 16.5. The Morgan fingerprint density at radius 3 is 2.94 bits per heavy atom. The lowest BCUT2D eigenvalue weighted by atomic mass is 10.3. The fourth-order valence-electron chi connectivity index (χ4n) is 1.38. The summed E-state index contributed by atoms with van der Waals surface area (Å²) >= 11 is 0. The molecule has 6 heteroatoms. The number of anilines is 1. The van der Waals surface area contributed by atoms with Crippen LogP contribution in [0.5, 0.6) is 5.75 Å². The molecular weight excluding hydrogens is 232 g/mol. The van der Waals surface area contributed by atoms with E-state index >= 15 is 0 Å². The summed E-state index contributed by atoms with van der Waals surface area (Å²) in [6.07, 6.45) is 1.63. The number of nitrogen functional groups attached to an aromatic ring is 1. The van der Waals surface area contributed by atoms with Crippen molar-refractivity contribution in [3.8, 4) is 5.75 Å². The monoisotopic (exact) mass is 246 g/mol. The van der Waals surface area contributed by atoms with E-state index in [-0.39, 0.29) is 12.5 Å². The SMILES string of the molecule is Nc1ccccc1OCC(=O)NCc1ccn[nH]1. The maximum atomic E-state index is 11.5. The first-order valence-corrected chi connectivity index (χ1v) is 5.48. The Kier molecular flexibility index (Phi) is 3.80. The third kappa shape index (κ3) is 3.24. The molecule has 1 aromatic heterocycles. The Morgan fingerprint density at radius 1 is 1.39 bits per heavy atom. The highest BCUT2D eigenvalue weighted by molar-refractivity contribution is 5.77. The van der Waals surface area contributed by atoms with Crippen molar-refractivity contribution >= 4 is 11.6 Å². The van der Waals surface area contributed by atoms with Crippen molar-refractivity contribution in [3.63, 3.8) is 0 Å². The molecule has 1 amide bonds. The Morgan fingerprint density at radius 2 is 2.22 bits per heavy atom. The molecule has 0 aliphatic carbocycles. The van der Waals surface area contributed by atoms with Gasteiger partial charge in [-0.2, -0.15) is 5.10 Å². The summed E-state index contributed by atoms with van der Waals surface area (Å²) < 4.78 is 5.31. The predicted octanol–water partition coefficient (Wildman–Crippen LogP) is 0.687. The van der Waals surface area contributed by atoms with Crippen molar-refractivity contribution in [1.82, 2.24) is 15.5 Å². The largest absolute Gasteiger partial charge is 0.482 e. The van der Waals surface area contributed by atoms with Crippen LogP contribution in [0.3, 0.4) is 0 Å². The summed E-state index contributed by atoms with van der Waals surface area (Å²) in [5, 5.41) is 9.23. The summed E-state index contributed by atoms with van der Waals surface area (Å²) in [7, 11) is 0. The van der Waals surface area contributed by atoms with Crippen molar-refractivity contribution in [1.29, 1.82) is 0 Å². The van der Waals surface area contributed by atoms with Crippen LogP contribution in [0.25, 0.3) is 0 Å². The number of hydrogen-bond donors (Lipinski definition) is 3. The molecule has 0 atom stereocenters. The fraction of sp³-hybridized carbons (Fsp3) is 0.167. The third-order valence-electron chi connectivity index (χ3n) is 2.31. The Labute approximate surface area is 104 Å². The second-order valence-corrected chi connectivity index (χ2v) is 3.69. The molecule has 4 N–H and O–H groups in total. The van der Waals surface area contributed by atoms with Crippen molar-refractivity contribution in [2.45, 2.75) is 6.54 Å². The number of aromatic nitrogens is 2. The van der Waals surface area contributed by atoms with E-state index in [9.17, 15) is 4.79 Å². The minimum absolute atomic E-state index is 0.0671. The normalized spacial score (nSPS) is 10.0. The summed E-state index contributed by atoms with van der Waals surface area (Å²) in [5.74, 6) is 0.294. The maximum Gasteiger partial charge on any atom is 0.258 e. The number of hydrogen-bond acceptors (Lipinski definition) is 4. The van der Waals surface area contributed by atoms with Gasteiger partial charge in [-0.15, -0.1) is 0 Å². The van der Waals surface area contributed by atoms with Gasteiger partial charge >= 0.3 is 0 Å². The molecule has 0 spiro atoms. The third-order valence-corrected chi connectivity index (χ3v) is 2.31. The van der Waals surface area contributed by atoms with Crippen LogP contribution in [0.2, 0.25) is 0 Å². The molecule has 0 radical (unpaired) electrons. The summed E-state index contributed by atoms with van der Waals surface area (Å²) in [6.45, 7) is 0.328. The summed E-state index contributed by atoms with van der Waals surface area (Å²) in [5.41, 5.74) is 7.04. The number of nitrogens with one attached hydrogen (secondary N) is 2. The number of H-pyrrole nitrogens is 1. The van der Waals surface area contributed by atoms with Gasteiger partial charge in [0.15, 0.2) is 6.61 Å². The number of carbonyl (C=O) groups is 1. The molecule has 0 unspecified atom stereocenters. The zero-order chi connectivity index (χ0) is 12.8. The molecule has 0 fully saturated rings. The van der Waals surface area contributed by atoms with E-state index in [0.717, 1.165) is 5.69 Å². The molecule has 0 aliphatic heterocycles. The molecule has 0 saturated carbocycles. The van der Waals surface area contributed by atoms with E-state index in [1.807, 2.05) is 0 Å². The lowest BCUT2D eigenvalue weighted by Crippen LogP contribution is -2.28. The molecule has 94 valence electrons. The number of rotatable bonds is 5. The first-order chi connectivity index (χ1) is 8.75. The van der Waals surface area contributed by atoms with Crippen molar-refractivity contribution in [2.24, 2.45) is 0 Å². The van der Waals surface area contributed by atoms with Gasteiger partial charge in [-0.1, -0.05) is 12.1 Å². The zero-order valence-electron chi connectivity index (χ0n) is 9.72. The molecule has 1 aromatic carbocycles. The Balaban J connectivity index is 1.77. The number of aromatic amines is 1. The van der Waals surface area contributed by atoms with Crippen LogP contribution in [0.4, 0.5) is 5.69 Å². The van der Waals surface area contributed by atoms with Gasteiger partial charge in [0.25, 0.3) is 5.91 Å². The highest BCUT2D eigenvalue weighted by Crippen LogP contribution is 2.19. The van der Waals surface area contributed by atoms with E-state index < -0.39 is 0 Å². The Hall–Kier alpha value is -2.50. The number of benzene rings is 1. The molecule has 0 bridgehead atoms. The smallest absolute Gasteiger partial charge is 0.258 e. The maximum absolute atomic E-state index is 11.5. The van der Waals surface area contributed by atoms with Gasteiger partial charge in [-0.05, 0) is 18.2 Å². The van der Waals surface area contributed by atoms with Crippen molar-refractivity contribution in [3.05, 3.63) is 42.2 Å². The van der Waals surface area contributed by atoms with E-state index in [2.05, 4.69) is 15.5 Å². The van der Waals surface area contributed by atoms with Gasteiger partial charge in [0.2, 0.25) is 0 Å². The summed E-state index contributed by atoms with van der Waals surface area (Å²) in [4.78, 5) is 11.5. The second kappa shape index (κ2) is 5.72. The van der Waals surface area contributed by atoms with Gasteiger partial charge in [0, 0.05) is 6.20 Å². The van der Waals surface area contributed by atoms with E-state index in [4.69, 9.17) is 10.5 Å².